The molecule has 1 aromatic carbocycles. The van der Waals surface area contributed by atoms with E-state index < -0.39 is 0 Å². The SMILES string of the molecule is Cc1cc(Sc2nnc([C@H](C)N3CCCCC3)n2-c2ccc(F)cc2)nc(C)n1. The van der Waals surface area contributed by atoms with Gasteiger partial charge in [0.2, 0.25) is 5.16 Å². The van der Waals surface area contributed by atoms with Crippen molar-refractivity contribution in [1.82, 2.24) is 29.6 Å². The molecule has 1 atom stereocenters. The number of halogens is 1. The molecule has 0 aliphatic carbocycles. The van der Waals surface area contributed by atoms with Gasteiger partial charge in [-0.2, -0.15) is 0 Å². The lowest BCUT2D eigenvalue weighted by Gasteiger charge is -2.31. The monoisotopic (exact) mass is 412 g/mol. The first-order valence-corrected chi connectivity index (χ1v) is 10.8. The van der Waals surface area contributed by atoms with Crippen LogP contribution in [-0.4, -0.2) is 42.7 Å². The largest absolute Gasteiger partial charge is 0.294 e. The summed E-state index contributed by atoms with van der Waals surface area (Å²) in [5.41, 5.74) is 1.76. The molecule has 0 unspecified atom stereocenters. The average molecular weight is 413 g/mol. The minimum atomic E-state index is -0.260. The highest BCUT2D eigenvalue weighted by atomic mass is 32.2. The Bertz CT molecular complexity index is 961. The van der Waals surface area contributed by atoms with Crippen molar-refractivity contribution in [2.45, 2.75) is 56.3 Å². The van der Waals surface area contributed by atoms with E-state index in [0.29, 0.717) is 5.16 Å². The number of likely N-dealkylation sites (tertiary alicyclic amines) is 1. The summed E-state index contributed by atoms with van der Waals surface area (Å²) in [4.78, 5) is 11.3. The Labute approximate surface area is 174 Å². The van der Waals surface area contributed by atoms with Gasteiger partial charge in [-0.15, -0.1) is 10.2 Å². The fourth-order valence-electron chi connectivity index (χ4n) is 3.75. The molecule has 3 aromatic rings. The van der Waals surface area contributed by atoms with Gasteiger partial charge in [0.15, 0.2) is 5.82 Å². The standard InChI is InChI=1S/C21H25FN6S/c1-14-13-19(24-16(3)23-14)29-21-26-25-20(15(2)27-11-5-4-6-12-27)28(21)18-9-7-17(22)8-10-18/h7-10,13,15H,4-6,11-12H2,1-3H3/t15-/m0/s1. The number of hydrogen-bond acceptors (Lipinski definition) is 6. The maximum Gasteiger partial charge on any atom is 0.202 e. The Balaban J connectivity index is 1.74. The molecule has 1 fully saturated rings. The van der Waals surface area contributed by atoms with E-state index in [1.807, 2.05) is 24.5 Å². The van der Waals surface area contributed by atoms with Gasteiger partial charge in [0.05, 0.1) is 6.04 Å². The molecule has 1 saturated heterocycles. The molecule has 8 heteroatoms. The molecule has 4 rings (SSSR count). The second kappa shape index (κ2) is 8.59. The molecular formula is C21H25FN6S. The van der Waals surface area contributed by atoms with Crippen molar-refractivity contribution in [3.63, 3.8) is 0 Å². The minimum absolute atomic E-state index is 0.121. The zero-order valence-electron chi connectivity index (χ0n) is 17.0. The molecule has 0 N–H and O–H groups in total. The van der Waals surface area contributed by atoms with Crippen LogP contribution in [0.15, 0.2) is 40.5 Å². The second-order valence-corrected chi connectivity index (χ2v) is 8.41. The normalized spacial score (nSPS) is 16.1. The summed E-state index contributed by atoms with van der Waals surface area (Å²) in [7, 11) is 0. The molecule has 0 amide bonds. The van der Waals surface area contributed by atoms with Gasteiger partial charge in [-0.05, 0) is 88.8 Å². The number of aryl methyl sites for hydroxylation is 2. The number of piperidine rings is 1. The van der Waals surface area contributed by atoms with Gasteiger partial charge in [-0.25, -0.2) is 14.4 Å². The number of benzene rings is 1. The predicted molar refractivity (Wildman–Crippen MR) is 111 cm³/mol. The summed E-state index contributed by atoms with van der Waals surface area (Å²) in [6.07, 6.45) is 3.69. The van der Waals surface area contributed by atoms with Crippen LogP contribution in [0.5, 0.6) is 0 Å². The summed E-state index contributed by atoms with van der Waals surface area (Å²) >= 11 is 1.45. The lowest BCUT2D eigenvalue weighted by Crippen LogP contribution is -2.33. The van der Waals surface area contributed by atoms with Gasteiger partial charge < -0.3 is 0 Å². The van der Waals surface area contributed by atoms with E-state index in [0.717, 1.165) is 41.1 Å². The van der Waals surface area contributed by atoms with Crippen LogP contribution in [0.3, 0.4) is 0 Å². The number of nitrogens with zero attached hydrogens (tertiary/aromatic N) is 6. The van der Waals surface area contributed by atoms with E-state index in [1.165, 1.54) is 43.2 Å². The molecule has 1 aliphatic rings. The van der Waals surface area contributed by atoms with Gasteiger partial charge in [0, 0.05) is 11.4 Å². The van der Waals surface area contributed by atoms with Crippen LogP contribution in [0.25, 0.3) is 5.69 Å². The van der Waals surface area contributed by atoms with E-state index in [1.54, 1.807) is 12.1 Å². The molecular weight excluding hydrogens is 387 g/mol. The van der Waals surface area contributed by atoms with Gasteiger partial charge in [0.25, 0.3) is 0 Å². The fraction of sp³-hybridized carbons (Fsp3) is 0.429. The average Bonchev–Trinajstić information content (AvgIpc) is 3.11. The summed E-state index contributed by atoms with van der Waals surface area (Å²) in [6.45, 7) is 8.12. The summed E-state index contributed by atoms with van der Waals surface area (Å²) in [5, 5.41) is 10.6. The van der Waals surface area contributed by atoms with Crippen LogP contribution in [-0.2, 0) is 0 Å². The first kappa shape index (κ1) is 20.0. The molecule has 1 aliphatic heterocycles. The topological polar surface area (TPSA) is 59.7 Å². The van der Waals surface area contributed by atoms with Crippen molar-refractivity contribution in [2.24, 2.45) is 0 Å². The Kier molecular flexibility index (Phi) is 5.91. The Morgan fingerprint density at radius 2 is 1.72 bits per heavy atom. The van der Waals surface area contributed by atoms with Crippen molar-refractivity contribution in [2.75, 3.05) is 13.1 Å². The predicted octanol–water partition coefficient (Wildman–Crippen LogP) is 4.51. The molecule has 152 valence electrons. The Morgan fingerprint density at radius 1 is 1.00 bits per heavy atom. The Hall–Kier alpha value is -2.32. The molecule has 3 heterocycles. The van der Waals surface area contributed by atoms with E-state index in [9.17, 15) is 4.39 Å². The van der Waals surface area contributed by atoms with Crippen LogP contribution >= 0.6 is 11.8 Å². The first-order valence-electron chi connectivity index (χ1n) is 9.97. The highest BCUT2D eigenvalue weighted by molar-refractivity contribution is 7.99. The van der Waals surface area contributed by atoms with Crippen molar-refractivity contribution in [3.8, 4) is 5.69 Å². The van der Waals surface area contributed by atoms with E-state index >= 15 is 0 Å². The van der Waals surface area contributed by atoms with Gasteiger partial charge in [-0.3, -0.25) is 9.47 Å². The van der Waals surface area contributed by atoms with Crippen molar-refractivity contribution in [1.29, 1.82) is 0 Å². The Morgan fingerprint density at radius 3 is 2.41 bits per heavy atom. The highest BCUT2D eigenvalue weighted by Gasteiger charge is 2.26. The lowest BCUT2D eigenvalue weighted by molar-refractivity contribution is 0.167. The van der Waals surface area contributed by atoms with E-state index in [-0.39, 0.29) is 11.9 Å². The van der Waals surface area contributed by atoms with E-state index in [2.05, 4.69) is 32.0 Å². The molecule has 0 bridgehead atoms. The fourth-order valence-corrected chi connectivity index (χ4v) is 4.71. The van der Waals surface area contributed by atoms with Gasteiger partial charge in [0.1, 0.15) is 16.7 Å². The maximum absolute atomic E-state index is 13.5. The molecule has 0 spiro atoms. The molecule has 29 heavy (non-hydrogen) atoms. The highest BCUT2D eigenvalue weighted by Crippen LogP contribution is 2.32. The molecule has 0 radical (unpaired) electrons. The van der Waals surface area contributed by atoms with Gasteiger partial charge >= 0.3 is 0 Å². The summed E-state index contributed by atoms with van der Waals surface area (Å²) < 4.78 is 15.6. The summed E-state index contributed by atoms with van der Waals surface area (Å²) in [6, 6.07) is 8.54. The van der Waals surface area contributed by atoms with Crippen molar-refractivity contribution in [3.05, 3.63) is 53.5 Å². The third-order valence-corrected chi connectivity index (χ3v) is 6.06. The molecule has 6 nitrogen and oxygen atoms in total. The van der Waals surface area contributed by atoms with Gasteiger partial charge in [-0.1, -0.05) is 6.42 Å². The summed E-state index contributed by atoms with van der Waals surface area (Å²) in [5.74, 6) is 1.33. The van der Waals surface area contributed by atoms with E-state index in [4.69, 9.17) is 0 Å². The van der Waals surface area contributed by atoms with Crippen LogP contribution in [0, 0.1) is 19.7 Å². The third kappa shape index (κ3) is 4.48. The van der Waals surface area contributed by atoms with Crippen molar-refractivity contribution >= 4 is 11.8 Å². The van der Waals surface area contributed by atoms with Crippen LogP contribution in [0.2, 0.25) is 0 Å². The molecule has 0 saturated carbocycles. The van der Waals surface area contributed by atoms with Crippen LogP contribution in [0.4, 0.5) is 4.39 Å². The maximum atomic E-state index is 13.5. The number of hydrogen-bond donors (Lipinski definition) is 0. The third-order valence-electron chi connectivity index (χ3n) is 5.19. The van der Waals surface area contributed by atoms with Crippen LogP contribution < -0.4 is 0 Å². The van der Waals surface area contributed by atoms with Crippen molar-refractivity contribution < 1.29 is 4.39 Å². The zero-order valence-corrected chi connectivity index (χ0v) is 17.8. The first-order chi connectivity index (χ1) is 14.0. The smallest absolute Gasteiger partial charge is 0.202 e. The lowest BCUT2D eigenvalue weighted by atomic mass is 10.1. The quantitative estimate of drug-likeness (QED) is 0.575. The molecule has 2 aromatic heterocycles. The zero-order chi connectivity index (χ0) is 20.4. The number of aromatic nitrogens is 5. The number of rotatable bonds is 5. The minimum Gasteiger partial charge on any atom is -0.294 e. The second-order valence-electron chi connectivity index (χ2n) is 7.42. The van der Waals surface area contributed by atoms with Crippen LogP contribution in [0.1, 0.15) is 49.6 Å².